The van der Waals surface area contributed by atoms with Gasteiger partial charge in [-0.3, -0.25) is 10.1 Å². The predicted octanol–water partition coefficient (Wildman–Crippen LogP) is 4.14. The molecule has 23 heavy (non-hydrogen) atoms. The SMILES string of the molecule is Cc1nnc(NC(=O)c2cc(C(F)(F)F)cc(C(F)(F)F)c2)s1. The average Bonchev–Trinajstić information content (AvgIpc) is 2.81. The second kappa shape index (κ2) is 5.80. The fourth-order valence-electron chi connectivity index (χ4n) is 1.60. The van der Waals surface area contributed by atoms with Crippen LogP contribution in [0.5, 0.6) is 0 Å². The van der Waals surface area contributed by atoms with Crippen molar-refractivity contribution in [1.29, 1.82) is 0 Å². The molecular formula is C12H7F6N3OS. The molecule has 0 bridgehead atoms. The highest BCUT2D eigenvalue weighted by atomic mass is 32.1. The van der Waals surface area contributed by atoms with E-state index in [2.05, 4.69) is 15.5 Å². The van der Waals surface area contributed by atoms with E-state index in [1.807, 2.05) is 0 Å². The van der Waals surface area contributed by atoms with Crippen molar-refractivity contribution in [2.45, 2.75) is 19.3 Å². The topological polar surface area (TPSA) is 54.9 Å². The van der Waals surface area contributed by atoms with Crippen LogP contribution in [0.1, 0.15) is 26.5 Å². The van der Waals surface area contributed by atoms with Crippen LogP contribution in [0.3, 0.4) is 0 Å². The molecule has 2 rings (SSSR count). The third kappa shape index (κ3) is 4.18. The van der Waals surface area contributed by atoms with Gasteiger partial charge < -0.3 is 0 Å². The van der Waals surface area contributed by atoms with Crippen LogP contribution in [0.15, 0.2) is 18.2 Å². The number of alkyl halides is 6. The van der Waals surface area contributed by atoms with E-state index >= 15 is 0 Å². The van der Waals surface area contributed by atoms with Crippen molar-refractivity contribution in [3.05, 3.63) is 39.9 Å². The Morgan fingerprint density at radius 2 is 1.52 bits per heavy atom. The number of aryl methyl sites for hydroxylation is 1. The summed E-state index contributed by atoms with van der Waals surface area (Å²) in [5.74, 6) is -1.14. The van der Waals surface area contributed by atoms with E-state index in [1.165, 1.54) is 0 Å². The molecule has 0 spiro atoms. The Kier molecular flexibility index (Phi) is 4.33. The molecule has 4 nitrogen and oxygen atoms in total. The third-order valence-electron chi connectivity index (χ3n) is 2.60. The number of amides is 1. The van der Waals surface area contributed by atoms with Crippen molar-refractivity contribution >= 4 is 22.4 Å². The monoisotopic (exact) mass is 355 g/mol. The number of rotatable bonds is 2. The Labute approximate surface area is 129 Å². The van der Waals surface area contributed by atoms with E-state index in [-0.39, 0.29) is 11.2 Å². The molecule has 0 saturated carbocycles. The molecule has 1 N–H and O–H groups in total. The van der Waals surface area contributed by atoms with Crippen molar-refractivity contribution < 1.29 is 31.1 Å². The average molecular weight is 355 g/mol. The summed E-state index contributed by atoms with van der Waals surface area (Å²) >= 11 is 0.932. The number of nitrogens with zero attached hydrogens (tertiary/aromatic N) is 2. The molecular weight excluding hydrogens is 348 g/mol. The highest BCUT2D eigenvalue weighted by molar-refractivity contribution is 7.15. The zero-order valence-corrected chi connectivity index (χ0v) is 12.0. The summed E-state index contributed by atoms with van der Waals surface area (Å²) in [4.78, 5) is 11.9. The van der Waals surface area contributed by atoms with Gasteiger partial charge in [0, 0.05) is 5.56 Å². The lowest BCUT2D eigenvalue weighted by Gasteiger charge is -2.13. The number of aromatic nitrogens is 2. The van der Waals surface area contributed by atoms with Crippen molar-refractivity contribution in [2.75, 3.05) is 5.32 Å². The first-order chi connectivity index (χ1) is 10.5. The minimum Gasteiger partial charge on any atom is -0.296 e. The number of carbonyl (C=O) groups is 1. The lowest BCUT2D eigenvalue weighted by Crippen LogP contribution is -2.17. The Bertz CT molecular complexity index is 705. The number of carbonyl (C=O) groups excluding carboxylic acids is 1. The molecule has 0 radical (unpaired) electrons. The molecule has 1 heterocycles. The molecule has 0 unspecified atom stereocenters. The lowest BCUT2D eigenvalue weighted by atomic mass is 10.0. The number of halogens is 6. The second-order valence-corrected chi connectivity index (χ2v) is 5.56. The summed E-state index contributed by atoms with van der Waals surface area (Å²) in [6.07, 6.45) is -10.0. The van der Waals surface area contributed by atoms with Crippen LogP contribution < -0.4 is 5.32 Å². The van der Waals surface area contributed by atoms with Crippen LogP contribution in [0.4, 0.5) is 31.5 Å². The van der Waals surface area contributed by atoms with Gasteiger partial charge in [-0.25, -0.2) is 0 Å². The van der Waals surface area contributed by atoms with Gasteiger partial charge in [0.2, 0.25) is 5.13 Å². The van der Waals surface area contributed by atoms with Crippen LogP contribution in [0.25, 0.3) is 0 Å². The van der Waals surface area contributed by atoms with Gasteiger partial charge >= 0.3 is 12.4 Å². The lowest BCUT2D eigenvalue weighted by molar-refractivity contribution is -0.143. The third-order valence-corrected chi connectivity index (χ3v) is 3.35. The minimum atomic E-state index is -5.02. The molecule has 1 aromatic heterocycles. The zero-order valence-electron chi connectivity index (χ0n) is 11.2. The maximum absolute atomic E-state index is 12.7. The molecule has 0 aliphatic carbocycles. The summed E-state index contributed by atoms with van der Waals surface area (Å²) < 4.78 is 76.3. The first-order valence-electron chi connectivity index (χ1n) is 5.88. The smallest absolute Gasteiger partial charge is 0.296 e. The summed E-state index contributed by atoms with van der Waals surface area (Å²) in [6.45, 7) is 1.57. The quantitative estimate of drug-likeness (QED) is 0.824. The van der Waals surface area contributed by atoms with Crippen molar-refractivity contribution in [1.82, 2.24) is 10.2 Å². The molecule has 124 valence electrons. The first-order valence-corrected chi connectivity index (χ1v) is 6.69. The van der Waals surface area contributed by atoms with Crippen LogP contribution in [0.2, 0.25) is 0 Å². The van der Waals surface area contributed by atoms with Crippen LogP contribution in [-0.2, 0) is 12.4 Å². The van der Waals surface area contributed by atoms with E-state index in [0.717, 1.165) is 11.3 Å². The number of nitrogens with one attached hydrogen (secondary N) is 1. The fourth-order valence-corrected chi connectivity index (χ4v) is 2.19. The molecule has 0 aliphatic rings. The van der Waals surface area contributed by atoms with E-state index in [9.17, 15) is 31.1 Å². The second-order valence-electron chi connectivity index (χ2n) is 4.37. The van der Waals surface area contributed by atoms with Crippen LogP contribution in [0, 0.1) is 6.92 Å². The first kappa shape index (κ1) is 17.2. The molecule has 0 atom stereocenters. The Morgan fingerprint density at radius 3 is 1.91 bits per heavy atom. The standard InChI is InChI=1S/C12H7F6N3OS/c1-5-20-21-10(23-5)19-9(22)6-2-7(11(13,14)15)4-8(3-6)12(16,17)18/h2-4H,1H3,(H,19,21,22). The van der Waals surface area contributed by atoms with Crippen molar-refractivity contribution in [2.24, 2.45) is 0 Å². The highest BCUT2D eigenvalue weighted by Gasteiger charge is 2.37. The highest BCUT2D eigenvalue weighted by Crippen LogP contribution is 2.36. The van der Waals surface area contributed by atoms with Gasteiger partial charge in [0.15, 0.2) is 0 Å². The summed E-state index contributed by atoms with van der Waals surface area (Å²) in [6, 6.07) is 0.642. The minimum absolute atomic E-state index is 0.0292. The van der Waals surface area contributed by atoms with Gasteiger partial charge in [0.05, 0.1) is 11.1 Å². The van der Waals surface area contributed by atoms with Gasteiger partial charge in [0.25, 0.3) is 5.91 Å². The summed E-state index contributed by atoms with van der Waals surface area (Å²) in [5, 5.41) is 9.64. The Hall–Kier alpha value is -2.17. The zero-order chi connectivity index (χ0) is 17.4. The van der Waals surface area contributed by atoms with Crippen LogP contribution in [-0.4, -0.2) is 16.1 Å². The predicted molar refractivity (Wildman–Crippen MR) is 69.0 cm³/mol. The Morgan fingerprint density at radius 1 is 1.00 bits per heavy atom. The molecule has 0 saturated heterocycles. The number of hydrogen-bond donors (Lipinski definition) is 1. The maximum Gasteiger partial charge on any atom is 0.416 e. The van der Waals surface area contributed by atoms with Crippen LogP contribution >= 0.6 is 11.3 Å². The summed E-state index contributed by atoms with van der Waals surface area (Å²) in [5.41, 5.74) is -3.91. The Balaban J connectivity index is 2.42. The molecule has 11 heteroatoms. The molecule has 0 aliphatic heterocycles. The van der Waals surface area contributed by atoms with E-state index in [4.69, 9.17) is 0 Å². The van der Waals surface area contributed by atoms with Gasteiger partial charge in [-0.2, -0.15) is 26.3 Å². The van der Waals surface area contributed by atoms with Gasteiger partial charge in [0.1, 0.15) is 5.01 Å². The van der Waals surface area contributed by atoms with Gasteiger partial charge in [-0.1, -0.05) is 11.3 Å². The molecule has 1 aromatic carbocycles. The van der Waals surface area contributed by atoms with Crippen molar-refractivity contribution in [3.63, 3.8) is 0 Å². The van der Waals surface area contributed by atoms with Gasteiger partial charge in [-0.15, -0.1) is 10.2 Å². The normalized spacial score (nSPS) is 12.3. The summed E-state index contributed by atoms with van der Waals surface area (Å²) in [7, 11) is 0. The number of hydrogen-bond acceptors (Lipinski definition) is 4. The molecule has 2 aromatic rings. The molecule has 1 amide bonds. The van der Waals surface area contributed by atoms with Crippen molar-refractivity contribution in [3.8, 4) is 0 Å². The van der Waals surface area contributed by atoms with E-state index < -0.39 is 35.0 Å². The van der Waals surface area contributed by atoms with E-state index in [0.29, 0.717) is 17.1 Å². The van der Waals surface area contributed by atoms with Gasteiger partial charge in [-0.05, 0) is 25.1 Å². The fraction of sp³-hybridized carbons (Fsp3) is 0.250. The largest absolute Gasteiger partial charge is 0.416 e. The molecule has 0 fully saturated rings. The number of benzene rings is 1. The maximum atomic E-state index is 12.7. The van der Waals surface area contributed by atoms with E-state index in [1.54, 1.807) is 6.92 Å². The number of anilines is 1.